The van der Waals surface area contributed by atoms with E-state index < -0.39 is 0 Å². The quantitative estimate of drug-likeness (QED) is 0.812. The summed E-state index contributed by atoms with van der Waals surface area (Å²) in [6.07, 6.45) is 7.61. The summed E-state index contributed by atoms with van der Waals surface area (Å²) in [5.41, 5.74) is 1.35. The van der Waals surface area contributed by atoms with Gasteiger partial charge in [0.1, 0.15) is 0 Å². The number of pyridine rings is 1. The molecule has 1 aliphatic heterocycles. The van der Waals surface area contributed by atoms with Crippen LogP contribution in [0.25, 0.3) is 0 Å². The maximum Gasteiger partial charge on any atom is 0.0360 e. The van der Waals surface area contributed by atoms with Crippen LogP contribution in [-0.2, 0) is 0 Å². The lowest BCUT2D eigenvalue weighted by Crippen LogP contribution is -2.44. The summed E-state index contributed by atoms with van der Waals surface area (Å²) in [6.45, 7) is 8.21. The van der Waals surface area contributed by atoms with Crippen molar-refractivity contribution in [2.75, 3.05) is 26.7 Å². The smallest absolute Gasteiger partial charge is 0.0360 e. The van der Waals surface area contributed by atoms with Crippen LogP contribution >= 0.6 is 0 Å². The summed E-state index contributed by atoms with van der Waals surface area (Å²) in [5, 5.41) is 0. The average molecular weight is 261 g/mol. The van der Waals surface area contributed by atoms with Crippen LogP contribution in [-0.4, -0.2) is 47.5 Å². The standard InChI is InChI=1S/C16H27N3/c1-4-16(14-7-6-10-17-13-14)18(3)15-8-11-19(5-2)12-9-15/h6-7,10,13,15-16H,4-5,8-9,11-12H2,1-3H3/t16-/m0/s1. The van der Waals surface area contributed by atoms with E-state index in [1.807, 2.05) is 18.5 Å². The van der Waals surface area contributed by atoms with Crippen molar-refractivity contribution in [2.24, 2.45) is 0 Å². The number of nitrogens with zero attached hydrogens (tertiary/aromatic N) is 3. The summed E-state index contributed by atoms with van der Waals surface area (Å²) in [4.78, 5) is 9.40. The lowest BCUT2D eigenvalue weighted by atomic mass is 9.98. The molecule has 2 heterocycles. The second kappa shape index (κ2) is 7.01. The second-order valence-electron chi connectivity index (χ2n) is 5.54. The van der Waals surface area contributed by atoms with Crippen LogP contribution in [0.1, 0.15) is 44.7 Å². The number of likely N-dealkylation sites (tertiary alicyclic amines) is 1. The predicted octanol–water partition coefficient (Wildman–Crippen LogP) is 2.95. The third kappa shape index (κ3) is 3.54. The van der Waals surface area contributed by atoms with Crippen molar-refractivity contribution in [1.82, 2.24) is 14.8 Å². The summed E-state index contributed by atoms with van der Waals surface area (Å²) in [6, 6.07) is 5.48. The monoisotopic (exact) mass is 261 g/mol. The molecule has 3 heteroatoms. The van der Waals surface area contributed by atoms with Crippen molar-refractivity contribution in [2.45, 2.75) is 45.2 Å². The van der Waals surface area contributed by atoms with Crippen LogP contribution in [0.2, 0.25) is 0 Å². The van der Waals surface area contributed by atoms with Gasteiger partial charge in [-0.05, 0) is 57.6 Å². The minimum Gasteiger partial charge on any atom is -0.303 e. The van der Waals surface area contributed by atoms with Crippen LogP contribution in [0.4, 0.5) is 0 Å². The fourth-order valence-corrected chi connectivity index (χ4v) is 3.23. The van der Waals surface area contributed by atoms with Gasteiger partial charge >= 0.3 is 0 Å². The Hall–Kier alpha value is -0.930. The Bertz CT molecular complexity index is 358. The minimum absolute atomic E-state index is 0.506. The van der Waals surface area contributed by atoms with E-state index in [2.05, 4.69) is 41.7 Å². The summed E-state index contributed by atoms with van der Waals surface area (Å²) >= 11 is 0. The van der Waals surface area contributed by atoms with Crippen molar-refractivity contribution >= 4 is 0 Å². The molecule has 0 aliphatic carbocycles. The Kier molecular flexibility index (Phi) is 5.34. The summed E-state index contributed by atoms with van der Waals surface area (Å²) in [5.74, 6) is 0. The van der Waals surface area contributed by atoms with Crippen molar-refractivity contribution in [3.05, 3.63) is 30.1 Å². The molecule has 1 atom stereocenters. The molecule has 106 valence electrons. The first kappa shape index (κ1) is 14.5. The highest BCUT2D eigenvalue weighted by Crippen LogP contribution is 2.27. The van der Waals surface area contributed by atoms with Gasteiger partial charge < -0.3 is 4.90 Å². The largest absolute Gasteiger partial charge is 0.303 e. The normalized spacial score (nSPS) is 19.8. The molecular formula is C16H27N3. The van der Waals surface area contributed by atoms with Gasteiger partial charge in [-0.3, -0.25) is 9.88 Å². The predicted molar refractivity (Wildman–Crippen MR) is 80.2 cm³/mol. The first-order chi connectivity index (χ1) is 9.26. The van der Waals surface area contributed by atoms with Crippen LogP contribution in [0.5, 0.6) is 0 Å². The molecule has 1 aliphatic rings. The molecule has 1 aromatic rings. The Morgan fingerprint density at radius 1 is 1.37 bits per heavy atom. The number of hydrogen-bond donors (Lipinski definition) is 0. The highest BCUT2D eigenvalue weighted by Gasteiger charge is 2.26. The van der Waals surface area contributed by atoms with E-state index in [0.29, 0.717) is 12.1 Å². The van der Waals surface area contributed by atoms with E-state index in [4.69, 9.17) is 0 Å². The number of piperidine rings is 1. The number of hydrogen-bond acceptors (Lipinski definition) is 3. The molecule has 3 nitrogen and oxygen atoms in total. The Balaban J connectivity index is 1.99. The van der Waals surface area contributed by atoms with Crippen molar-refractivity contribution in [3.63, 3.8) is 0 Å². The van der Waals surface area contributed by atoms with Crippen molar-refractivity contribution in [3.8, 4) is 0 Å². The van der Waals surface area contributed by atoms with Gasteiger partial charge in [-0.2, -0.15) is 0 Å². The van der Waals surface area contributed by atoms with Gasteiger partial charge in [-0.1, -0.05) is 19.9 Å². The topological polar surface area (TPSA) is 19.4 Å². The molecule has 0 saturated carbocycles. The Morgan fingerprint density at radius 2 is 2.11 bits per heavy atom. The van der Waals surface area contributed by atoms with E-state index in [1.165, 1.54) is 38.0 Å². The lowest BCUT2D eigenvalue weighted by Gasteiger charge is -2.40. The van der Waals surface area contributed by atoms with Gasteiger partial charge in [-0.15, -0.1) is 0 Å². The molecule has 0 radical (unpaired) electrons. The molecule has 0 amide bonds. The van der Waals surface area contributed by atoms with Gasteiger partial charge in [0.15, 0.2) is 0 Å². The first-order valence-electron chi connectivity index (χ1n) is 7.60. The fraction of sp³-hybridized carbons (Fsp3) is 0.688. The minimum atomic E-state index is 0.506. The average Bonchev–Trinajstić information content (AvgIpc) is 2.49. The molecule has 1 aromatic heterocycles. The van der Waals surface area contributed by atoms with Gasteiger partial charge in [-0.25, -0.2) is 0 Å². The molecular weight excluding hydrogens is 234 g/mol. The van der Waals surface area contributed by atoms with E-state index in [9.17, 15) is 0 Å². The van der Waals surface area contributed by atoms with Crippen LogP contribution in [0, 0.1) is 0 Å². The molecule has 0 spiro atoms. The van der Waals surface area contributed by atoms with E-state index in [1.54, 1.807) is 0 Å². The van der Waals surface area contributed by atoms with Gasteiger partial charge in [0, 0.05) is 24.5 Å². The fourth-order valence-electron chi connectivity index (χ4n) is 3.23. The third-order valence-electron chi connectivity index (χ3n) is 4.53. The van der Waals surface area contributed by atoms with Gasteiger partial charge in [0.2, 0.25) is 0 Å². The van der Waals surface area contributed by atoms with Gasteiger partial charge in [0.05, 0.1) is 0 Å². The zero-order valence-electron chi connectivity index (χ0n) is 12.5. The maximum atomic E-state index is 4.27. The highest BCUT2D eigenvalue weighted by atomic mass is 15.2. The highest BCUT2D eigenvalue weighted by molar-refractivity contribution is 5.14. The molecule has 19 heavy (non-hydrogen) atoms. The van der Waals surface area contributed by atoms with Crippen molar-refractivity contribution < 1.29 is 0 Å². The second-order valence-corrected chi connectivity index (χ2v) is 5.54. The Labute approximate surface area is 117 Å². The zero-order valence-corrected chi connectivity index (χ0v) is 12.5. The molecule has 0 N–H and O–H groups in total. The molecule has 2 rings (SSSR count). The van der Waals surface area contributed by atoms with E-state index in [-0.39, 0.29) is 0 Å². The third-order valence-corrected chi connectivity index (χ3v) is 4.53. The zero-order chi connectivity index (χ0) is 13.7. The SMILES string of the molecule is CC[C@@H](c1cccnc1)N(C)C1CCN(CC)CC1. The lowest BCUT2D eigenvalue weighted by molar-refractivity contribution is 0.0962. The van der Waals surface area contributed by atoms with E-state index in [0.717, 1.165) is 6.42 Å². The van der Waals surface area contributed by atoms with Crippen molar-refractivity contribution in [1.29, 1.82) is 0 Å². The number of rotatable bonds is 5. The molecule has 1 fully saturated rings. The van der Waals surface area contributed by atoms with Crippen LogP contribution < -0.4 is 0 Å². The maximum absolute atomic E-state index is 4.27. The Morgan fingerprint density at radius 3 is 2.63 bits per heavy atom. The molecule has 0 aromatic carbocycles. The molecule has 0 unspecified atom stereocenters. The van der Waals surface area contributed by atoms with E-state index >= 15 is 0 Å². The van der Waals surface area contributed by atoms with Gasteiger partial charge in [0.25, 0.3) is 0 Å². The molecule has 1 saturated heterocycles. The van der Waals surface area contributed by atoms with Crippen LogP contribution in [0.3, 0.4) is 0 Å². The molecule has 0 bridgehead atoms. The number of aromatic nitrogens is 1. The van der Waals surface area contributed by atoms with Crippen LogP contribution in [0.15, 0.2) is 24.5 Å². The summed E-state index contributed by atoms with van der Waals surface area (Å²) < 4.78 is 0. The summed E-state index contributed by atoms with van der Waals surface area (Å²) in [7, 11) is 2.29. The first-order valence-corrected chi connectivity index (χ1v) is 7.60.